The zero-order chi connectivity index (χ0) is 12.7. The Morgan fingerprint density at radius 3 is 2.56 bits per heavy atom. The van der Waals surface area contributed by atoms with E-state index in [1.165, 1.54) is 24.3 Å². The van der Waals surface area contributed by atoms with Gasteiger partial charge in [0.2, 0.25) is 11.7 Å². The SMILES string of the molecule is O=C(O)c1oc(-c2ccc(F)cc2)nc1C1CC1. The summed E-state index contributed by atoms with van der Waals surface area (Å²) >= 11 is 0. The third-order valence-electron chi connectivity index (χ3n) is 2.90. The maximum absolute atomic E-state index is 12.8. The Morgan fingerprint density at radius 1 is 1.33 bits per heavy atom. The Bertz CT molecular complexity index is 599. The van der Waals surface area contributed by atoms with E-state index in [0.717, 1.165) is 12.8 Å². The molecule has 1 aliphatic carbocycles. The largest absolute Gasteiger partial charge is 0.475 e. The molecule has 0 atom stereocenters. The van der Waals surface area contributed by atoms with Gasteiger partial charge in [-0.3, -0.25) is 0 Å². The summed E-state index contributed by atoms with van der Waals surface area (Å²) in [7, 11) is 0. The van der Waals surface area contributed by atoms with Crippen LogP contribution in [0.25, 0.3) is 11.5 Å². The van der Waals surface area contributed by atoms with Crippen LogP contribution < -0.4 is 0 Å². The van der Waals surface area contributed by atoms with Gasteiger partial charge in [-0.25, -0.2) is 14.2 Å². The third kappa shape index (κ3) is 1.88. The topological polar surface area (TPSA) is 63.3 Å². The molecule has 5 heteroatoms. The van der Waals surface area contributed by atoms with Crippen LogP contribution in [-0.4, -0.2) is 16.1 Å². The summed E-state index contributed by atoms with van der Waals surface area (Å²) in [6.45, 7) is 0. The molecule has 1 aliphatic rings. The Kier molecular flexibility index (Phi) is 2.40. The molecule has 0 spiro atoms. The van der Waals surface area contributed by atoms with E-state index in [2.05, 4.69) is 4.98 Å². The number of aromatic nitrogens is 1. The monoisotopic (exact) mass is 247 g/mol. The van der Waals surface area contributed by atoms with E-state index < -0.39 is 5.97 Å². The number of carbonyl (C=O) groups is 1. The highest BCUT2D eigenvalue weighted by atomic mass is 19.1. The number of oxazole rings is 1. The van der Waals surface area contributed by atoms with Crippen molar-refractivity contribution in [3.05, 3.63) is 41.5 Å². The fourth-order valence-electron chi connectivity index (χ4n) is 1.83. The molecule has 0 radical (unpaired) electrons. The zero-order valence-corrected chi connectivity index (χ0v) is 9.39. The molecule has 2 aromatic rings. The number of benzene rings is 1. The van der Waals surface area contributed by atoms with Crippen molar-refractivity contribution in [3.8, 4) is 11.5 Å². The number of hydrogen-bond acceptors (Lipinski definition) is 3. The average Bonchev–Trinajstić information content (AvgIpc) is 3.09. The van der Waals surface area contributed by atoms with Gasteiger partial charge < -0.3 is 9.52 Å². The van der Waals surface area contributed by atoms with Crippen LogP contribution in [0.15, 0.2) is 28.7 Å². The maximum Gasteiger partial charge on any atom is 0.373 e. The number of hydrogen-bond donors (Lipinski definition) is 1. The number of aromatic carboxylic acids is 1. The predicted molar refractivity (Wildman–Crippen MR) is 60.8 cm³/mol. The molecule has 1 aromatic carbocycles. The predicted octanol–water partition coefficient (Wildman–Crippen LogP) is 3.06. The lowest BCUT2D eigenvalue weighted by Crippen LogP contribution is -1.98. The minimum Gasteiger partial charge on any atom is -0.475 e. The molecule has 0 unspecified atom stereocenters. The van der Waals surface area contributed by atoms with Crippen LogP contribution in [0.3, 0.4) is 0 Å². The van der Waals surface area contributed by atoms with Gasteiger partial charge in [0.15, 0.2) is 0 Å². The van der Waals surface area contributed by atoms with Gasteiger partial charge in [0, 0.05) is 11.5 Å². The first-order valence-corrected chi connectivity index (χ1v) is 5.65. The van der Waals surface area contributed by atoms with Crippen LogP contribution >= 0.6 is 0 Å². The molecule has 1 fully saturated rings. The minimum absolute atomic E-state index is 0.100. The number of nitrogens with zero attached hydrogens (tertiary/aromatic N) is 1. The lowest BCUT2D eigenvalue weighted by molar-refractivity contribution is 0.0661. The Balaban J connectivity index is 2.04. The van der Waals surface area contributed by atoms with Crippen molar-refractivity contribution < 1.29 is 18.7 Å². The summed E-state index contributed by atoms with van der Waals surface area (Å²) in [5, 5.41) is 9.05. The van der Waals surface area contributed by atoms with Crippen molar-refractivity contribution in [2.24, 2.45) is 0 Å². The smallest absolute Gasteiger partial charge is 0.373 e. The van der Waals surface area contributed by atoms with E-state index in [1.54, 1.807) is 0 Å². The Morgan fingerprint density at radius 2 is 2.00 bits per heavy atom. The van der Waals surface area contributed by atoms with Crippen molar-refractivity contribution >= 4 is 5.97 Å². The van der Waals surface area contributed by atoms with Gasteiger partial charge in [0.05, 0.1) is 5.69 Å². The first-order valence-electron chi connectivity index (χ1n) is 5.65. The highest BCUT2D eigenvalue weighted by molar-refractivity contribution is 5.86. The Hall–Kier alpha value is -2.17. The molecule has 1 aromatic heterocycles. The van der Waals surface area contributed by atoms with E-state index in [1.807, 2.05) is 0 Å². The second kappa shape index (κ2) is 3.94. The second-order valence-electron chi connectivity index (χ2n) is 4.32. The highest BCUT2D eigenvalue weighted by Crippen LogP contribution is 2.42. The summed E-state index contributed by atoms with van der Waals surface area (Å²) in [4.78, 5) is 15.3. The summed E-state index contributed by atoms with van der Waals surface area (Å²) in [5.74, 6) is -1.15. The normalized spacial score (nSPS) is 14.7. The molecule has 0 aliphatic heterocycles. The second-order valence-corrected chi connectivity index (χ2v) is 4.32. The van der Waals surface area contributed by atoms with E-state index >= 15 is 0 Å². The van der Waals surface area contributed by atoms with Crippen LogP contribution in [0.5, 0.6) is 0 Å². The highest BCUT2D eigenvalue weighted by Gasteiger charge is 2.33. The van der Waals surface area contributed by atoms with Crippen molar-refractivity contribution in [3.63, 3.8) is 0 Å². The van der Waals surface area contributed by atoms with E-state index in [-0.39, 0.29) is 23.4 Å². The molecule has 0 amide bonds. The van der Waals surface area contributed by atoms with E-state index in [9.17, 15) is 9.18 Å². The average molecular weight is 247 g/mol. The van der Waals surface area contributed by atoms with Crippen molar-refractivity contribution in [1.82, 2.24) is 4.98 Å². The fraction of sp³-hybridized carbons (Fsp3) is 0.231. The van der Waals surface area contributed by atoms with Crippen molar-refractivity contribution in [2.75, 3.05) is 0 Å². The number of carboxylic acid groups (broad SMARTS) is 1. The van der Waals surface area contributed by atoms with Gasteiger partial charge in [-0.15, -0.1) is 0 Å². The standard InChI is InChI=1S/C13H10FNO3/c14-9-5-3-8(4-6-9)12-15-10(7-1-2-7)11(18-12)13(16)17/h3-7H,1-2H2,(H,16,17). The molecule has 3 rings (SSSR count). The van der Waals surface area contributed by atoms with Gasteiger partial charge in [0.25, 0.3) is 0 Å². The van der Waals surface area contributed by atoms with E-state index in [0.29, 0.717) is 11.3 Å². The number of carboxylic acids is 1. The van der Waals surface area contributed by atoms with Crippen molar-refractivity contribution in [1.29, 1.82) is 0 Å². The summed E-state index contributed by atoms with van der Waals surface area (Å²) < 4.78 is 18.1. The molecule has 1 N–H and O–H groups in total. The summed E-state index contributed by atoms with van der Waals surface area (Å²) in [6, 6.07) is 5.61. The molecule has 92 valence electrons. The summed E-state index contributed by atoms with van der Waals surface area (Å²) in [6.07, 6.45) is 1.88. The van der Waals surface area contributed by atoms with Gasteiger partial charge in [0.1, 0.15) is 5.82 Å². The van der Waals surface area contributed by atoms with Gasteiger partial charge in [-0.1, -0.05) is 0 Å². The van der Waals surface area contributed by atoms with E-state index in [4.69, 9.17) is 9.52 Å². The molecular formula is C13H10FNO3. The molecule has 18 heavy (non-hydrogen) atoms. The zero-order valence-electron chi connectivity index (χ0n) is 9.39. The first kappa shape index (κ1) is 11.0. The molecule has 0 bridgehead atoms. The van der Waals surface area contributed by atoms with Crippen molar-refractivity contribution in [2.45, 2.75) is 18.8 Å². The number of rotatable bonds is 3. The summed E-state index contributed by atoms with van der Waals surface area (Å²) in [5.41, 5.74) is 1.08. The van der Waals surface area contributed by atoms with Crippen LogP contribution in [0.1, 0.15) is 35.0 Å². The molecule has 1 saturated carbocycles. The lowest BCUT2D eigenvalue weighted by atomic mass is 10.2. The maximum atomic E-state index is 12.8. The fourth-order valence-corrected chi connectivity index (χ4v) is 1.83. The van der Waals surface area contributed by atoms with Crippen LogP contribution in [0.2, 0.25) is 0 Å². The quantitative estimate of drug-likeness (QED) is 0.905. The van der Waals surface area contributed by atoms with Crippen LogP contribution in [0.4, 0.5) is 4.39 Å². The van der Waals surface area contributed by atoms with Gasteiger partial charge in [-0.2, -0.15) is 0 Å². The van der Waals surface area contributed by atoms with Crippen LogP contribution in [0, 0.1) is 5.82 Å². The van der Waals surface area contributed by atoms with Gasteiger partial charge in [-0.05, 0) is 37.1 Å². The van der Waals surface area contributed by atoms with Crippen LogP contribution in [-0.2, 0) is 0 Å². The molecule has 0 saturated heterocycles. The Labute approximate surface area is 102 Å². The number of halogens is 1. The molecule has 1 heterocycles. The minimum atomic E-state index is -1.11. The molecular weight excluding hydrogens is 237 g/mol. The van der Waals surface area contributed by atoms with Gasteiger partial charge >= 0.3 is 5.97 Å². The third-order valence-corrected chi connectivity index (χ3v) is 2.90. The molecule has 4 nitrogen and oxygen atoms in total. The first-order chi connectivity index (χ1) is 8.65. The lowest BCUT2D eigenvalue weighted by Gasteiger charge is -1.93.